The molecule has 5 heteroatoms. The van der Waals surface area contributed by atoms with E-state index in [1.54, 1.807) is 19.1 Å². The lowest BCUT2D eigenvalue weighted by Crippen LogP contribution is -2.46. The molecule has 3 atom stereocenters. The van der Waals surface area contributed by atoms with Crippen molar-refractivity contribution >= 4 is 11.8 Å². The molecule has 126 valence electrons. The minimum Gasteiger partial charge on any atom is -0.393 e. The Bertz CT molecular complexity index is 559. The summed E-state index contributed by atoms with van der Waals surface area (Å²) in [6, 6.07) is 6.69. The number of aryl methyl sites for hydroxylation is 1. The van der Waals surface area contributed by atoms with Crippen molar-refractivity contribution in [3.63, 3.8) is 0 Å². The van der Waals surface area contributed by atoms with Gasteiger partial charge in [-0.15, -0.1) is 0 Å². The van der Waals surface area contributed by atoms with Crippen molar-refractivity contribution in [1.29, 1.82) is 0 Å². The normalized spacial score (nSPS) is 22.2. The SMILES string of the molecule is Cc1cccc(C(=O)NC(C)C(=O)NCC2CCCC(O)C2)c1. The molecule has 2 amide bonds. The predicted molar refractivity (Wildman–Crippen MR) is 89.1 cm³/mol. The fraction of sp³-hybridized carbons (Fsp3) is 0.556. The van der Waals surface area contributed by atoms with Gasteiger partial charge < -0.3 is 15.7 Å². The van der Waals surface area contributed by atoms with E-state index >= 15 is 0 Å². The molecule has 0 aliphatic heterocycles. The highest BCUT2D eigenvalue weighted by atomic mass is 16.3. The molecule has 3 unspecified atom stereocenters. The molecular formula is C18H26N2O3. The first-order valence-electron chi connectivity index (χ1n) is 8.29. The van der Waals surface area contributed by atoms with Crippen LogP contribution >= 0.6 is 0 Å². The van der Waals surface area contributed by atoms with Gasteiger partial charge >= 0.3 is 0 Å². The summed E-state index contributed by atoms with van der Waals surface area (Å²) in [4.78, 5) is 24.2. The number of carbonyl (C=O) groups excluding carboxylic acids is 2. The van der Waals surface area contributed by atoms with Crippen molar-refractivity contribution < 1.29 is 14.7 Å². The van der Waals surface area contributed by atoms with Crippen LogP contribution in [0.15, 0.2) is 24.3 Å². The molecule has 0 aromatic heterocycles. The van der Waals surface area contributed by atoms with Gasteiger partial charge in [-0.3, -0.25) is 9.59 Å². The van der Waals surface area contributed by atoms with Gasteiger partial charge in [0.05, 0.1) is 6.10 Å². The standard InChI is InChI=1S/C18H26N2O3/c1-12-5-3-7-15(9-12)18(23)20-13(2)17(22)19-11-14-6-4-8-16(21)10-14/h3,5,7,9,13-14,16,21H,4,6,8,10-11H2,1-2H3,(H,19,22)(H,20,23). The molecule has 0 bridgehead atoms. The Morgan fingerprint density at radius 3 is 2.83 bits per heavy atom. The number of carbonyl (C=O) groups is 2. The average molecular weight is 318 g/mol. The highest BCUT2D eigenvalue weighted by molar-refractivity contribution is 5.97. The number of nitrogens with one attached hydrogen (secondary N) is 2. The minimum absolute atomic E-state index is 0.189. The Morgan fingerprint density at radius 2 is 2.13 bits per heavy atom. The zero-order valence-corrected chi connectivity index (χ0v) is 13.8. The van der Waals surface area contributed by atoms with Crippen molar-refractivity contribution in [2.45, 2.75) is 51.7 Å². The van der Waals surface area contributed by atoms with Crippen molar-refractivity contribution in [2.75, 3.05) is 6.54 Å². The Balaban J connectivity index is 1.79. The van der Waals surface area contributed by atoms with Gasteiger partial charge in [-0.1, -0.05) is 24.1 Å². The summed E-state index contributed by atoms with van der Waals surface area (Å²) < 4.78 is 0. The Morgan fingerprint density at radius 1 is 1.35 bits per heavy atom. The van der Waals surface area contributed by atoms with Crippen LogP contribution in [0.2, 0.25) is 0 Å². The largest absolute Gasteiger partial charge is 0.393 e. The maximum absolute atomic E-state index is 12.1. The highest BCUT2D eigenvalue weighted by Gasteiger charge is 2.22. The fourth-order valence-corrected chi connectivity index (χ4v) is 2.98. The van der Waals surface area contributed by atoms with Gasteiger partial charge in [0.15, 0.2) is 0 Å². The van der Waals surface area contributed by atoms with Gasteiger partial charge in [-0.2, -0.15) is 0 Å². The van der Waals surface area contributed by atoms with E-state index in [4.69, 9.17) is 0 Å². The summed E-state index contributed by atoms with van der Waals surface area (Å²) in [7, 11) is 0. The Hall–Kier alpha value is -1.88. The summed E-state index contributed by atoms with van der Waals surface area (Å²) in [5.41, 5.74) is 1.56. The molecule has 0 saturated heterocycles. The molecule has 5 nitrogen and oxygen atoms in total. The molecular weight excluding hydrogens is 292 g/mol. The van der Waals surface area contributed by atoms with Gasteiger partial charge in [-0.25, -0.2) is 0 Å². The second-order valence-corrected chi connectivity index (χ2v) is 6.50. The first kappa shape index (κ1) is 17.5. The minimum atomic E-state index is -0.587. The molecule has 2 rings (SSSR count). The Kier molecular flexibility index (Phi) is 6.16. The van der Waals surface area contributed by atoms with E-state index in [1.807, 2.05) is 19.1 Å². The summed E-state index contributed by atoms with van der Waals surface area (Å²) >= 11 is 0. The third-order valence-electron chi connectivity index (χ3n) is 4.34. The zero-order valence-electron chi connectivity index (χ0n) is 13.8. The van der Waals surface area contributed by atoms with Gasteiger partial charge in [0, 0.05) is 12.1 Å². The first-order valence-corrected chi connectivity index (χ1v) is 8.29. The summed E-state index contributed by atoms with van der Waals surface area (Å²) in [5, 5.41) is 15.2. The monoisotopic (exact) mass is 318 g/mol. The number of hydrogen-bond acceptors (Lipinski definition) is 3. The van der Waals surface area contributed by atoms with Crippen LogP contribution < -0.4 is 10.6 Å². The molecule has 1 aliphatic carbocycles. The summed E-state index contributed by atoms with van der Waals surface area (Å²) in [6.45, 7) is 4.16. The van der Waals surface area contributed by atoms with E-state index in [0.29, 0.717) is 18.0 Å². The van der Waals surface area contributed by atoms with Gasteiger partial charge in [0.1, 0.15) is 6.04 Å². The van der Waals surface area contributed by atoms with Crippen LogP contribution in [0.5, 0.6) is 0 Å². The molecule has 3 N–H and O–H groups in total. The summed E-state index contributed by atoms with van der Waals surface area (Å²) in [6.07, 6.45) is 3.38. The van der Waals surface area contributed by atoms with Crippen LogP contribution in [-0.4, -0.2) is 35.6 Å². The van der Waals surface area contributed by atoms with E-state index in [0.717, 1.165) is 31.2 Å². The molecule has 23 heavy (non-hydrogen) atoms. The topological polar surface area (TPSA) is 78.4 Å². The van der Waals surface area contributed by atoms with Crippen molar-refractivity contribution in [3.8, 4) is 0 Å². The lowest BCUT2D eigenvalue weighted by atomic mass is 9.87. The fourth-order valence-electron chi connectivity index (χ4n) is 2.98. The van der Waals surface area contributed by atoms with E-state index < -0.39 is 6.04 Å². The van der Waals surface area contributed by atoms with E-state index in [9.17, 15) is 14.7 Å². The smallest absolute Gasteiger partial charge is 0.251 e. The van der Waals surface area contributed by atoms with Crippen LogP contribution in [0, 0.1) is 12.8 Å². The average Bonchev–Trinajstić information content (AvgIpc) is 2.52. The lowest BCUT2D eigenvalue weighted by Gasteiger charge is -2.26. The molecule has 1 aromatic rings. The highest BCUT2D eigenvalue weighted by Crippen LogP contribution is 2.23. The maximum Gasteiger partial charge on any atom is 0.251 e. The van der Waals surface area contributed by atoms with Crippen molar-refractivity contribution in [2.24, 2.45) is 5.92 Å². The van der Waals surface area contributed by atoms with Crippen LogP contribution in [0.1, 0.15) is 48.5 Å². The summed E-state index contributed by atoms with van der Waals surface area (Å²) in [5.74, 6) is -0.113. The number of hydrogen-bond donors (Lipinski definition) is 3. The van der Waals surface area contributed by atoms with Gasteiger partial charge in [0.2, 0.25) is 5.91 Å². The van der Waals surface area contributed by atoms with E-state index in [-0.39, 0.29) is 17.9 Å². The van der Waals surface area contributed by atoms with E-state index in [2.05, 4.69) is 10.6 Å². The van der Waals surface area contributed by atoms with Crippen LogP contribution in [-0.2, 0) is 4.79 Å². The molecule has 0 spiro atoms. The number of benzene rings is 1. The zero-order chi connectivity index (χ0) is 16.8. The second-order valence-electron chi connectivity index (χ2n) is 6.50. The molecule has 1 aromatic carbocycles. The molecule has 0 heterocycles. The van der Waals surface area contributed by atoms with Crippen molar-refractivity contribution in [3.05, 3.63) is 35.4 Å². The second kappa shape index (κ2) is 8.11. The number of aliphatic hydroxyl groups is 1. The maximum atomic E-state index is 12.1. The molecule has 1 saturated carbocycles. The lowest BCUT2D eigenvalue weighted by molar-refractivity contribution is -0.122. The number of amides is 2. The van der Waals surface area contributed by atoms with E-state index in [1.165, 1.54) is 0 Å². The molecule has 1 aliphatic rings. The van der Waals surface area contributed by atoms with Gasteiger partial charge in [-0.05, 0) is 51.2 Å². The predicted octanol–water partition coefficient (Wildman–Crippen LogP) is 1.78. The third-order valence-corrected chi connectivity index (χ3v) is 4.34. The quantitative estimate of drug-likeness (QED) is 0.774. The number of aliphatic hydroxyl groups excluding tert-OH is 1. The third kappa shape index (κ3) is 5.36. The first-order chi connectivity index (χ1) is 11.0. The van der Waals surface area contributed by atoms with Gasteiger partial charge in [0.25, 0.3) is 5.91 Å². The van der Waals surface area contributed by atoms with Crippen LogP contribution in [0.4, 0.5) is 0 Å². The van der Waals surface area contributed by atoms with Crippen molar-refractivity contribution in [1.82, 2.24) is 10.6 Å². The Labute approximate surface area is 137 Å². The molecule has 0 radical (unpaired) electrons. The van der Waals surface area contributed by atoms with Crippen LogP contribution in [0.3, 0.4) is 0 Å². The molecule has 1 fully saturated rings. The number of rotatable bonds is 5. The van der Waals surface area contributed by atoms with Crippen LogP contribution in [0.25, 0.3) is 0 Å².